The van der Waals surface area contributed by atoms with Gasteiger partial charge in [-0.3, -0.25) is 19.2 Å². The number of carbonyl (C=O) groups is 4. The molecule has 39 heavy (non-hydrogen) atoms. The summed E-state index contributed by atoms with van der Waals surface area (Å²) in [7, 11) is 0. The second kappa shape index (κ2) is 25.4. The molecule has 0 aliphatic heterocycles. The summed E-state index contributed by atoms with van der Waals surface area (Å²) in [6, 6.07) is -0.675. The van der Waals surface area contributed by atoms with Crippen molar-refractivity contribution in [1.82, 2.24) is 21.3 Å². The molecule has 0 fully saturated rings. The normalized spacial score (nSPS) is 11.9. The van der Waals surface area contributed by atoms with Gasteiger partial charge in [0.1, 0.15) is 6.04 Å². The molecule has 0 aliphatic rings. The number of ether oxygens (including phenoxy) is 3. The molecule has 11 nitrogen and oxygen atoms in total. The molecule has 0 aromatic rings. The van der Waals surface area contributed by atoms with Crippen LogP contribution >= 0.6 is 23.5 Å². The van der Waals surface area contributed by atoms with E-state index < -0.39 is 6.04 Å². The first-order valence-electron chi connectivity index (χ1n) is 13.7. The van der Waals surface area contributed by atoms with Crippen molar-refractivity contribution in [3.8, 4) is 0 Å². The Morgan fingerprint density at radius 2 is 1.13 bits per heavy atom. The number of rotatable bonds is 25. The summed E-state index contributed by atoms with van der Waals surface area (Å²) in [5, 5.41) is 11.9. The van der Waals surface area contributed by atoms with Gasteiger partial charge in [-0.25, -0.2) is 0 Å². The first-order chi connectivity index (χ1) is 18.6. The lowest BCUT2D eigenvalue weighted by Crippen LogP contribution is -2.48. The van der Waals surface area contributed by atoms with E-state index in [0.717, 1.165) is 0 Å². The molecule has 4 amide bonds. The van der Waals surface area contributed by atoms with E-state index in [1.165, 1.54) is 11.8 Å². The summed E-state index contributed by atoms with van der Waals surface area (Å²) in [5.74, 6) is 0.207. The Labute approximate surface area is 242 Å². The zero-order chi connectivity index (χ0) is 29.3. The molecule has 13 heteroatoms. The molecule has 0 bridgehead atoms. The highest BCUT2D eigenvalue weighted by atomic mass is 32.2. The SMILES string of the molecule is CCC(=O)NCCOCCOCCOCCNC(=O)C(CCCNC(=O)CSC(C)C)NC(=O)CSC(C)C. The standard InChI is InChI=1S/C26H50N4O7S2/c1-6-23(31)28-10-12-35-14-16-37-17-15-36-13-11-29-26(34)22(30-25(33)19-39-21(4)5)8-7-9-27-24(32)18-38-20(2)3/h20-22H,6-19H2,1-5H3,(H,27,32)(H,28,31)(H,29,34)(H,30,33). The minimum Gasteiger partial charge on any atom is -0.377 e. The number of carbonyl (C=O) groups excluding carboxylic acids is 4. The van der Waals surface area contributed by atoms with Gasteiger partial charge in [-0.1, -0.05) is 34.6 Å². The van der Waals surface area contributed by atoms with Gasteiger partial charge in [0.15, 0.2) is 0 Å². The lowest BCUT2D eigenvalue weighted by Gasteiger charge is -2.19. The molecule has 0 saturated carbocycles. The van der Waals surface area contributed by atoms with Gasteiger partial charge >= 0.3 is 0 Å². The van der Waals surface area contributed by atoms with Crippen LogP contribution < -0.4 is 21.3 Å². The fourth-order valence-electron chi connectivity index (χ4n) is 2.87. The summed E-state index contributed by atoms with van der Waals surface area (Å²) in [6.45, 7) is 13.5. The Balaban J connectivity index is 4.13. The molecule has 0 rings (SSSR count). The van der Waals surface area contributed by atoms with E-state index in [4.69, 9.17) is 14.2 Å². The zero-order valence-electron chi connectivity index (χ0n) is 24.3. The molecule has 1 atom stereocenters. The highest BCUT2D eigenvalue weighted by Gasteiger charge is 2.20. The van der Waals surface area contributed by atoms with E-state index in [1.807, 2.05) is 27.7 Å². The van der Waals surface area contributed by atoms with Gasteiger partial charge in [0.2, 0.25) is 23.6 Å². The molecule has 4 N–H and O–H groups in total. The molecular formula is C26H50N4O7S2. The van der Waals surface area contributed by atoms with Crippen molar-refractivity contribution in [3.63, 3.8) is 0 Å². The third-order valence-electron chi connectivity index (χ3n) is 4.92. The molecular weight excluding hydrogens is 544 g/mol. The van der Waals surface area contributed by atoms with Crippen molar-refractivity contribution in [3.05, 3.63) is 0 Å². The van der Waals surface area contributed by atoms with Crippen molar-refractivity contribution < 1.29 is 33.4 Å². The second-order valence-electron chi connectivity index (χ2n) is 9.16. The van der Waals surface area contributed by atoms with E-state index in [9.17, 15) is 19.2 Å². The van der Waals surface area contributed by atoms with Crippen molar-refractivity contribution in [2.24, 2.45) is 0 Å². The van der Waals surface area contributed by atoms with Gasteiger partial charge in [0, 0.05) is 26.1 Å². The monoisotopic (exact) mass is 594 g/mol. The molecule has 0 saturated heterocycles. The molecule has 0 heterocycles. The zero-order valence-corrected chi connectivity index (χ0v) is 25.9. The van der Waals surface area contributed by atoms with Crippen molar-refractivity contribution in [2.75, 3.05) is 70.8 Å². The molecule has 228 valence electrons. The summed E-state index contributed by atoms with van der Waals surface area (Å²) < 4.78 is 16.3. The Morgan fingerprint density at radius 3 is 1.67 bits per heavy atom. The van der Waals surface area contributed by atoms with E-state index in [2.05, 4.69) is 21.3 Å². The highest BCUT2D eigenvalue weighted by molar-refractivity contribution is 8.00. The molecule has 0 aromatic heterocycles. The largest absolute Gasteiger partial charge is 0.377 e. The van der Waals surface area contributed by atoms with Crippen molar-refractivity contribution in [2.45, 2.75) is 70.4 Å². The van der Waals surface area contributed by atoms with E-state index >= 15 is 0 Å². The number of hydrogen-bond acceptors (Lipinski definition) is 9. The van der Waals surface area contributed by atoms with E-state index in [-0.39, 0.29) is 29.4 Å². The fraction of sp³-hybridized carbons (Fsp3) is 0.846. The maximum atomic E-state index is 12.7. The fourth-order valence-corrected chi connectivity index (χ4v) is 4.03. The summed E-state index contributed by atoms with van der Waals surface area (Å²) in [4.78, 5) is 48.0. The quantitative estimate of drug-likeness (QED) is 0.115. The van der Waals surface area contributed by atoms with Gasteiger partial charge < -0.3 is 35.5 Å². The average molecular weight is 595 g/mol. The minimum atomic E-state index is -0.675. The summed E-state index contributed by atoms with van der Waals surface area (Å²) in [5.41, 5.74) is 0. The Bertz CT molecular complexity index is 685. The van der Waals surface area contributed by atoms with Gasteiger partial charge in [-0.2, -0.15) is 0 Å². The lowest BCUT2D eigenvalue weighted by molar-refractivity contribution is -0.128. The summed E-state index contributed by atoms with van der Waals surface area (Å²) in [6.07, 6.45) is 1.45. The van der Waals surface area contributed by atoms with Crippen LogP contribution in [0.4, 0.5) is 0 Å². The van der Waals surface area contributed by atoms with Crippen LogP contribution in [0.15, 0.2) is 0 Å². The molecule has 0 aliphatic carbocycles. The van der Waals surface area contributed by atoms with Crippen molar-refractivity contribution >= 4 is 47.2 Å². The highest BCUT2D eigenvalue weighted by Crippen LogP contribution is 2.09. The molecule has 0 radical (unpaired) electrons. The smallest absolute Gasteiger partial charge is 0.242 e. The molecule has 1 unspecified atom stereocenters. The second-order valence-corrected chi connectivity index (χ2v) is 12.3. The first-order valence-corrected chi connectivity index (χ1v) is 15.8. The van der Waals surface area contributed by atoms with Crippen LogP contribution in [-0.4, -0.2) is 111 Å². The van der Waals surface area contributed by atoms with Crippen LogP contribution in [0.3, 0.4) is 0 Å². The van der Waals surface area contributed by atoms with Crippen LogP contribution in [0.25, 0.3) is 0 Å². The van der Waals surface area contributed by atoms with Crippen LogP contribution in [0.5, 0.6) is 0 Å². The Kier molecular flexibility index (Phi) is 24.4. The average Bonchev–Trinajstić information content (AvgIpc) is 2.90. The topological polar surface area (TPSA) is 144 Å². The Hall–Kier alpha value is -1.54. The first kappa shape index (κ1) is 37.5. The minimum absolute atomic E-state index is 0.00131. The van der Waals surface area contributed by atoms with Crippen LogP contribution in [0.1, 0.15) is 53.9 Å². The maximum Gasteiger partial charge on any atom is 0.242 e. The van der Waals surface area contributed by atoms with Crippen LogP contribution in [0, 0.1) is 0 Å². The van der Waals surface area contributed by atoms with Crippen LogP contribution in [0.2, 0.25) is 0 Å². The summed E-state index contributed by atoms with van der Waals surface area (Å²) >= 11 is 3.09. The molecule has 0 spiro atoms. The van der Waals surface area contributed by atoms with E-state index in [0.29, 0.717) is 94.8 Å². The van der Waals surface area contributed by atoms with Gasteiger partial charge in [0.05, 0.1) is 51.1 Å². The van der Waals surface area contributed by atoms with Crippen molar-refractivity contribution in [1.29, 1.82) is 0 Å². The van der Waals surface area contributed by atoms with Crippen LogP contribution in [-0.2, 0) is 33.4 Å². The molecule has 0 aromatic carbocycles. The van der Waals surface area contributed by atoms with Gasteiger partial charge in [-0.05, 0) is 23.3 Å². The Morgan fingerprint density at radius 1 is 0.641 bits per heavy atom. The number of hydrogen-bond donors (Lipinski definition) is 4. The van der Waals surface area contributed by atoms with Gasteiger partial charge in [0.25, 0.3) is 0 Å². The third-order valence-corrected chi connectivity index (χ3v) is 7.11. The predicted molar refractivity (Wildman–Crippen MR) is 158 cm³/mol. The number of nitrogens with one attached hydrogen (secondary N) is 4. The third kappa shape index (κ3) is 25.2. The number of thioether (sulfide) groups is 2. The number of amides is 4. The maximum absolute atomic E-state index is 12.7. The van der Waals surface area contributed by atoms with E-state index in [1.54, 1.807) is 18.7 Å². The lowest BCUT2D eigenvalue weighted by atomic mass is 10.1. The predicted octanol–water partition coefficient (Wildman–Crippen LogP) is 1.34. The van der Waals surface area contributed by atoms with Gasteiger partial charge in [-0.15, -0.1) is 23.5 Å².